The van der Waals surface area contributed by atoms with Gasteiger partial charge in [0.1, 0.15) is 6.33 Å². The molecule has 104 valence electrons. The molecule has 2 rings (SSSR count). The van der Waals surface area contributed by atoms with Gasteiger partial charge in [0.15, 0.2) is 5.16 Å². The topological polar surface area (TPSA) is 99.8 Å². The molecule has 1 aromatic rings. The van der Waals surface area contributed by atoms with Gasteiger partial charge in [-0.25, -0.2) is 9.78 Å². The Morgan fingerprint density at radius 2 is 2.21 bits per heavy atom. The number of hydrogen-bond donors (Lipinski definition) is 3. The van der Waals surface area contributed by atoms with Crippen LogP contribution in [0.3, 0.4) is 0 Å². The lowest BCUT2D eigenvalue weighted by atomic mass is 10.2. The molecule has 3 amide bonds. The second-order valence-corrected chi connectivity index (χ2v) is 5.82. The van der Waals surface area contributed by atoms with Crippen molar-refractivity contribution < 1.29 is 9.59 Å². The number of aromatic amines is 1. The highest BCUT2D eigenvalue weighted by Crippen LogP contribution is 2.19. The van der Waals surface area contributed by atoms with Crippen LogP contribution in [0.5, 0.6) is 0 Å². The van der Waals surface area contributed by atoms with Crippen LogP contribution in [-0.2, 0) is 4.79 Å². The summed E-state index contributed by atoms with van der Waals surface area (Å²) in [6, 6.07) is -0.216. The maximum atomic E-state index is 11.8. The molecule has 1 aliphatic carbocycles. The van der Waals surface area contributed by atoms with Crippen LogP contribution < -0.4 is 10.6 Å². The summed E-state index contributed by atoms with van der Waals surface area (Å²) in [6.45, 7) is 1.71. The van der Waals surface area contributed by atoms with Crippen molar-refractivity contribution in [1.82, 2.24) is 25.8 Å². The smallest absolute Gasteiger partial charge is 0.321 e. The summed E-state index contributed by atoms with van der Waals surface area (Å²) in [6.07, 6.45) is 5.63. The Hall–Kier alpha value is -1.57. The fourth-order valence-electron chi connectivity index (χ4n) is 1.98. The van der Waals surface area contributed by atoms with E-state index in [0.717, 1.165) is 25.7 Å². The van der Waals surface area contributed by atoms with Crippen LogP contribution >= 0.6 is 11.8 Å². The van der Waals surface area contributed by atoms with Gasteiger partial charge in [-0.1, -0.05) is 24.6 Å². The number of hydrogen-bond acceptors (Lipinski definition) is 5. The SMILES string of the molecule is CC(Sc1ncn[nH]1)C(=O)NC(=O)NC1CCCC1. The van der Waals surface area contributed by atoms with Crippen LogP contribution in [-0.4, -0.2) is 38.4 Å². The number of nitrogens with one attached hydrogen (secondary N) is 3. The molecule has 1 saturated carbocycles. The van der Waals surface area contributed by atoms with Gasteiger partial charge in [-0.15, -0.1) is 0 Å². The van der Waals surface area contributed by atoms with Gasteiger partial charge in [0.2, 0.25) is 5.91 Å². The summed E-state index contributed by atoms with van der Waals surface area (Å²) < 4.78 is 0. The van der Waals surface area contributed by atoms with E-state index in [1.807, 2.05) is 0 Å². The molecule has 7 nitrogen and oxygen atoms in total. The van der Waals surface area contributed by atoms with Crippen molar-refractivity contribution in [2.75, 3.05) is 0 Å². The zero-order chi connectivity index (χ0) is 13.7. The number of thioether (sulfide) groups is 1. The molecule has 19 heavy (non-hydrogen) atoms. The molecule has 1 aliphatic rings. The first-order valence-corrected chi connectivity index (χ1v) is 7.16. The van der Waals surface area contributed by atoms with E-state index in [-0.39, 0.29) is 11.9 Å². The highest BCUT2D eigenvalue weighted by molar-refractivity contribution is 8.00. The van der Waals surface area contributed by atoms with E-state index in [1.54, 1.807) is 6.92 Å². The number of aromatic nitrogens is 3. The fraction of sp³-hybridized carbons (Fsp3) is 0.636. The number of rotatable bonds is 4. The van der Waals surface area contributed by atoms with Crippen molar-refractivity contribution in [3.8, 4) is 0 Å². The quantitative estimate of drug-likeness (QED) is 0.717. The number of H-pyrrole nitrogens is 1. The Bertz CT molecular complexity index is 430. The molecular formula is C11H17N5O2S. The monoisotopic (exact) mass is 283 g/mol. The molecule has 0 saturated heterocycles. The summed E-state index contributed by atoms with van der Waals surface area (Å²) in [7, 11) is 0. The van der Waals surface area contributed by atoms with Gasteiger partial charge in [-0.05, 0) is 19.8 Å². The molecule has 8 heteroatoms. The molecule has 1 atom stereocenters. The zero-order valence-electron chi connectivity index (χ0n) is 10.7. The number of carbonyl (C=O) groups excluding carboxylic acids is 2. The first-order valence-electron chi connectivity index (χ1n) is 6.28. The first kappa shape index (κ1) is 13.9. The first-order chi connectivity index (χ1) is 9.15. The van der Waals surface area contributed by atoms with Crippen LogP contribution in [0.1, 0.15) is 32.6 Å². The van der Waals surface area contributed by atoms with Gasteiger partial charge in [-0.2, -0.15) is 5.10 Å². The molecule has 1 fully saturated rings. The molecule has 0 bridgehead atoms. The van der Waals surface area contributed by atoms with Gasteiger partial charge >= 0.3 is 6.03 Å². The van der Waals surface area contributed by atoms with E-state index in [9.17, 15) is 9.59 Å². The molecule has 1 unspecified atom stereocenters. The van der Waals surface area contributed by atoms with E-state index >= 15 is 0 Å². The van der Waals surface area contributed by atoms with Crippen molar-refractivity contribution in [2.45, 2.75) is 49.1 Å². The lowest BCUT2D eigenvalue weighted by Gasteiger charge is -2.14. The third kappa shape index (κ3) is 4.23. The van der Waals surface area contributed by atoms with Gasteiger partial charge < -0.3 is 5.32 Å². The molecule has 0 spiro atoms. The van der Waals surface area contributed by atoms with E-state index in [1.165, 1.54) is 18.1 Å². The number of nitrogens with zero attached hydrogens (tertiary/aromatic N) is 2. The van der Waals surface area contributed by atoms with Crippen molar-refractivity contribution in [1.29, 1.82) is 0 Å². The van der Waals surface area contributed by atoms with Crippen LogP contribution in [0.2, 0.25) is 0 Å². The minimum Gasteiger partial charge on any atom is -0.335 e. The fourth-order valence-corrected chi connectivity index (χ4v) is 2.69. The lowest BCUT2D eigenvalue weighted by molar-refractivity contribution is -0.119. The third-order valence-electron chi connectivity index (χ3n) is 2.98. The van der Waals surface area contributed by atoms with Crippen molar-refractivity contribution in [2.24, 2.45) is 0 Å². The number of urea groups is 1. The van der Waals surface area contributed by atoms with Gasteiger partial charge in [-0.3, -0.25) is 15.2 Å². The van der Waals surface area contributed by atoms with E-state index in [4.69, 9.17) is 0 Å². The second kappa shape index (κ2) is 6.55. The third-order valence-corrected chi connectivity index (χ3v) is 3.97. The molecule has 0 aliphatic heterocycles. The predicted molar refractivity (Wildman–Crippen MR) is 70.6 cm³/mol. The maximum Gasteiger partial charge on any atom is 0.321 e. The van der Waals surface area contributed by atoms with Crippen molar-refractivity contribution >= 4 is 23.7 Å². The number of carbonyl (C=O) groups is 2. The second-order valence-electron chi connectivity index (χ2n) is 4.49. The summed E-state index contributed by atoms with van der Waals surface area (Å²) in [5.41, 5.74) is 0. The van der Waals surface area contributed by atoms with Crippen LogP contribution in [0.15, 0.2) is 11.5 Å². The number of imide groups is 1. The minimum absolute atomic E-state index is 0.199. The molecule has 1 heterocycles. The molecular weight excluding hydrogens is 266 g/mol. The molecule has 1 aromatic heterocycles. The van der Waals surface area contributed by atoms with E-state index < -0.39 is 11.3 Å². The van der Waals surface area contributed by atoms with E-state index in [2.05, 4.69) is 25.8 Å². The molecule has 0 aromatic carbocycles. The predicted octanol–water partition coefficient (Wildman–Crippen LogP) is 1.05. The standard InChI is InChI=1S/C11H17N5O2S/c1-7(19-11-12-6-13-16-11)9(17)15-10(18)14-8-4-2-3-5-8/h6-8H,2-5H2,1H3,(H,12,13,16)(H2,14,15,17,18). The minimum atomic E-state index is -0.415. The van der Waals surface area contributed by atoms with Gasteiger partial charge in [0.25, 0.3) is 0 Å². The Balaban J connectivity index is 1.74. The Labute approximate surface area is 115 Å². The Morgan fingerprint density at radius 3 is 2.84 bits per heavy atom. The molecule has 3 N–H and O–H groups in total. The Morgan fingerprint density at radius 1 is 1.47 bits per heavy atom. The average molecular weight is 283 g/mol. The lowest BCUT2D eigenvalue weighted by Crippen LogP contribution is -2.45. The summed E-state index contributed by atoms with van der Waals surface area (Å²) in [5, 5.41) is 11.6. The summed E-state index contributed by atoms with van der Waals surface area (Å²) >= 11 is 1.22. The van der Waals surface area contributed by atoms with Crippen LogP contribution in [0.4, 0.5) is 4.79 Å². The van der Waals surface area contributed by atoms with Crippen LogP contribution in [0.25, 0.3) is 0 Å². The molecule has 0 radical (unpaired) electrons. The average Bonchev–Trinajstić information content (AvgIpc) is 3.01. The summed E-state index contributed by atoms with van der Waals surface area (Å²) in [5.74, 6) is -0.336. The largest absolute Gasteiger partial charge is 0.335 e. The highest BCUT2D eigenvalue weighted by atomic mass is 32.2. The maximum absolute atomic E-state index is 11.8. The highest BCUT2D eigenvalue weighted by Gasteiger charge is 2.21. The number of amides is 3. The van der Waals surface area contributed by atoms with Gasteiger partial charge in [0, 0.05) is 6.04 Å². The Kier molecular flexibility index (Phi) is 4.78. The summed E-state index contributed by atoms with van der Waals surface area (Å²) in [4.78, 5) is 27.3. The van der Waals surface area contributed by atoms with Gasteiger partial charge in [0.05, 0.1) is 5.25 Å². The zero-order valence-corrected chi connectivity index (χ0v) is 11.5. The van der Waals surface area contributed by atoms with E-state index in [0.29, 0.717) is 5.16 Å². The van der Waals surface area contributed by atoms with Crippen molar-refractivity contribution in [3.63, 3.8) is 0 Å². The van der Waals surface area contributed by atoms with Crippen molar-refractivity contribution in [3.05, 3.63) is 6.33 Å². The normalized spacial score (nSPS) is 17.1. The van der Waals surface area contributed by atoms with Crippen LogP contribution in [0, 0.1) is 0 Å².